The number of amides is 2. The van der Waals surface area contributed by atoms with Crippen LogP contribution < -0.4 is 14.8 Å². The van der Waals surface area contributed by atoms with Crippen molar-refractivity contribution in [3.8, 4) is 11.5 Å². The number of hydrazone groups is 1. The van der Waals surface area contributed by atoms with Gasteiger partial charge in [-0.3, -0.25) is 9.59 Å². The molecule has 3 heterocycles. The number of carbonyl (C=O) groups is 2. The van der Waals surface area contributed by atoms with Crippen molar-refractivity contribution in [1.29, 1.82) is 0 Å². The van der Waals surface area contributed by atoms with E-state index in [1.165, 1.54) is 17.1 Å². The van der Waals surface area contributed by atoms with Gasteiger partial charge >= 0.3 is 0 Å². The van der Waals surface area contributed by atoms with Gasteiger partial charge < -0.3 is 19.5 Å². The first-order valence-corrected chi connectivity index (χ1v) is 11.4. The quantitative estimate of drug-likeness (QED) is 0.706. The van der Waals surface area contributed by atoms with Gasteiger partial charge in [0.2, 0.25) is 12.7 Å². The van der Waals surface area contributed by atoms with E-state index in [4.69, 9.17) is 14.2 Å². The fourth-order valence-electron chi connectivity index (χ4n) is 4.56. The van der Waals surface area contributed by atoms with Crippen molar-refractivity contribution in [3.63, 3.8) is 0 Å². The Kier molecular flexibility index (Phi) is 6.19. The Hall–Kier alpha value is -3.46. The molecule has 0 unspecified atom stereocenters. The molecule has 2 aromatic carbocycles. The molecule has 0 saturated carbocycles. The maximum absolute atomic E-state index is 13.2. The fraction of sp³-hybridized carbons (Fsp3) is 0.400. The molecule has 1 N–H and O–H groups in total. The van der Waals surface area contributed by atoms with Crippen LogP contribution in [0.5, 0.6) is 11.5 Å². The Balaban J connectivity index is 1.30. The van der Waals surface area contributed by atoms with Gasteiger partial charge in [-0.15, -0.1) is 0 Å². The van der Waals surface area contributed by atoms with Crippen molar-refractivity contribution < 1.29 is 28.2 Å². The van der Waals surface area contributed by atoms with E-state index in [-0.39, 0.29) is 49.2 Å². The third kappa shape index (κ3) is 4.61. The average Bonchev–Trinajstić information content (AvgIpc) is 3.34. The van der Waals surface area contributed by atoms with Gasteiger partial charge in [-0.1, -0.05) is 18.2 Å². The van der Waals surface area contributed by atoms with Crippen LogP contribution in [-0.2, 0) is 26.3 Å². The Morgan fingerprint density at radius 3 is 2.62 bits per heavy atom. The Bertz CT molecular complexity index is 1110. The van der Waals surface area contributed by atoms with Crippen molar-refractivity contribution in [2.75, 3.05) is 26.6 Å². The van der Waals surface area contributed by atoms with Gasteiger partial charge in [0.25, 0.3) is 5.91 Å². The van der Waals surface area contributed by atoms with E-state index in [9.17, 15) is 14.0 Å². The number of hydrogen-bond acceptors (Lipinski definition) is 6. The number of rotatable bonds is 6. The summed E-state index contributed by atoms with van der Waals surface area (Å²) in [6.45, 7) is 2.02. The second-order valence-corrected chi connectivity index (χ2v) is 8.77. The number of carbonyl (C=O) groups excluding carboxylic acids is 2. The summed E-state index contributed by atoms with van der Waals surface area (Å²) in [5.74, 6) is 0.630. The molecule has 0 atom stereocenters. The summed E-state index contributed by atoms with van der Waals surface area (Å²) in [4.78, 5) is 25.4. The smallest absolute Gasteiger partial charge is 0.267 e. The van der Waals surface area contributed by atoms with E-state index in [1.807, 2.05) is 18.2 Å². The number of nitrogens with one attached hydrogen (secondary N) is 1. The number of fused-ring (bicyclic) bond motifs is 1. The lowest BCUT2D eigenvalue weighted by molar-refractivity contribution is -0.132. The van der Waals surface area contributed by atoms with Gasteiger partial charge in [-0.25, -0.2) is 9.40 Å². The SMILES string of the molecule is O=C(NCC1(c2ccc3c(c2)OCO3)CCOCC1)C1=NN(Cc2ccc(F)cc2)C(=O)CC1. The lowest BCUT2D eigenvalue weighted by Gasteiger charge is -2.38. The van der Waals surface area contributed by atoms with Crippen molar-refractivity contribution in [1.82, 2.24) is 10.3 Å². The van der Waals surface area contributed by atoms with Crippen LogP contribution >= 0.6 is 0 Å². The van der Waals surface area contributed by atoms with Crippen LogP contribution in [0.3, 0.4) is 0 Å². The summed E-state index contributed by atoms with van der Waals surface area (Å²) in [6, 6.07) is 11.8. The molecule has 0 aliphatic carbocycles. The zero-order valence-electron chi connectivity index (χ0n) is 18.7. The van der Waals surface area contributed by atoms with E-state index in [1.54, 1.807) is 12.1 Å². The summed E-state index contributed by atoms with van der Waals surface area (Å²) >= 11 is 0. The first kappa shape index (κ1) is 22.3. The molecule has 0 aromatic heterocycles. The van der Waals surface area contributed by atoms with Gasteiger partial charge in [0, 0.05) is 38.0 Å². The number of nitrogens with zero attached hydrogens (tertiary/aromatic N) is 2. The standard InChI is InChI=1S/C25H26FN3O5/c26-19-4-1-17(2-5-19)14-29-23(30)8-6-20(28-29)24(31)27-15-25(9-11-32-12-10-25)18-3-7-21-22(13-18)34-16-33-21/h1-5,7,13H,6,8-12,14-16H2,(H,27,31). The zero-order valence-corrected chi connectivity index (χ0v) is 18.7. The lowest BCUT2D eigenvalue weighted by atomic mass is 9.74. The minimum atomic E-state index is -0.346. The predicted octanol–water partition coefficient (Wildman–Crippen LogP) is 2.90. The summed E-state index contributed by atoms with van der Waals surface area (Å²) in [5.41, 5.74) is 1.83. The average molecular weight is 467 g/mol. The molecule has 3 aliphatic heterocycles. The van der Waals surface area contributed by atoms with Crippen molar-refractivity contribution in [3.05, 3.63) is 59.4 Å². The van der Waals surface area contributed by atoms with Crippen LogP contribution in [0.4, 0.5) is 4.39 Å². The molecule has 0 spiro atoms. The topological polar surface area (TPSA) is 89.5 Å². The minimum Gasteiger partial charge on any atom is -0.454 e. The molecule has 2 amide bonds. The van der Waals surface area contributed by atoms with Gasteiger partial charge in [-0.2, -0.15) is 5.10 Å². The normalized spacial score (nSPS) is 19.0. The highest BCUT2D eigenvalue weighted by Crippen LogP contribution is 2.40. The van der Waals surface area contributed by atoms with Crippen LogP contribution in [0.2, 0.25) is 0 Å². The number of benzene rings is 2. The Morgan fingerprint density at radius 1 is 1.06 bits per heavy atom. The molecule has 1 saturated heterocycles. The summed E-state index contributed by atoms with van der Waals surface area (Å²) < 4.78 is 29.8. The molecule has 178 valence electrons. The first-order chi connectivity index (χ1) is 16.5. The Labute approximate surface area is 196 Å². The van der Waals surface area contributed by atoms with Crippen LogP contribution in [0.1, 0.15) is 36.8 Å². The van der Waals surface area contributed by atoms with Crippen molar-refractivity contribution in [2.45, 2.75) is 37.6 Å². The molecule has 34 heavy (non-hydrogen) atoms. The van der Waals surface area contributed by atoms with Crippen LogP contribution in [0, 0.1) is 5.82 Å². The third-order valence-corrected chi connectivity index (χ3v) is 6.63. The van der Waals surface area contributed by atoms with Crippen molar-refractivity contribution in [2.24, 2.45) is 5.10 Å². The Morgan fingerprint density at radius 2 is 1.82 bits per heavy atom. The number of halogens is 1. The highest BCUT2D eigenvalue weighted by molar-refractivity contribution is 6.39. The number of hydrogen-bond donors (Lipinski definition) is 1. The highest BCUT2D eigenvalue weighted by Gasteiger charge is 2.36. The third-order valence-electron chi connectivity index (χ3n) is 6.63. The van der Waals surface area contributed by atoms with Crippen LogP contribution in [-0.4, -0.2) is 49.1 Å². The molecule has 2 aromatic rings. The van der Waals surface area contributed by atoms with Gasteiger partial charge in [0.15, 0.2) is 11.5 Å². The summed E-state index contributed by atoms with van der Waals surface area (Å²) in [6.07, 6.45) is 2.00. The molecule has 3 aliphatic rings. The second kappa shape index (κ2) is 9.42. The molecule has 9 heteroatoms. The summed E-state index contributed by atoms with van der Waals surface area (Å²) in [7, 11) is 0. The van der Waals surface area contributed by atoms with Gasteiger partial charge in [-0.05, 0) is 48.2 Å². The van der Waals surface area contributed by atoms with Crippen LogP contribution in [0.25, 0.3) is 0 Å². The maximum Gasteiger partial charge on any atom is 0.267 e. The summed E-state index contributed by atoms with van der Waals surface area (Å²) in [5, 5.41) is 8.66. The van der Waals surface area contributed by atoms with Crippen LogP contribution in [0.15, 0.2) is 47.6 Å². The molecule has 0 bridgehead atoms. The molecule has 1 fully saturated rings. The van der Waals surface area contributed by atoms with Gasteiger partial charge in [0.05, 0.1) is 6.54 Å². The molecular weight excluding hydrogens is 441 g/mol. The monoisotopic (exact) mass is 467 g/mol. The van der Waals surface area contributed by atoms with E-state index < -0.39 is 0 Å². The minimum absolute atomic E-state index is 0.165. The molecule has 8 nitrogen and oxygen atoms in total. The van der Waals surface area contributed by atoms with E-state index in [0.717, 1.165) is 29.7 Å². The maximum atomic E-state index is 13.2. The highest BCUT2D eigenvalue weighted by atomic mass is 19.1. The molecular formula is C25H26FN3O5. The van der Waals surface area contributed by atoms with Crippen molar-refractivity contribution >= 4 is 17.5 Å². The van der Waals surface area contributed by atoms with Gasteiger partial charge in [0.1, 0.15) is 11.5 Å². The first-order valence-electron chi connectivity index (χ1n) is 11.4. The van der Waals surface area contributed by atoms with E-state index in [0.29, 0.717) is 31.2 Å². The molecule has 5 rings (SSSR count). The zero-order chi connectivity index (χ0) is 23.5. The number of ether oxygens (including phenoxy) is 3. The largest absolute Gasteiger partial charge is 0.454 e. The molecule has 0 radical (unpaired) electrons. The lowest BCUT2D eigenvalue weighted by Crippen LogP contribution is -2.47. The predicted molar refractivity (Wildman–Crippen MR) is 121 cm³/mol. The van der Waals surface area contributed by atoms with E-state index in [2.05, 4.69) is 10.4 Å². The van der Waals surface area contributed by atoms with E-state index >= 15 is 0 Å². The second-order valence-electron chi connectivity index (χ2n) is 8.77. The fourth-order valence-corrected chi connectivity index (χ4v) is 4.56.